The summed E-state index contributed by atoms with van der Waals surface area (Å²) in [6.07, 6.45) is 0. The summed E-state index contributed by atoms with van der Waals surface area (Å²) < 4.78 is 25.9. The highest BCUT2D eigenvalue weighted by atomic mass is 35.5. The van der Waals surface area contributed by atoms with E-state index in [-0.39, 0.29) is 4.90 Å². The average molecular weight is 367 g/mol. The van der Waals surface area contributed by atoms with Crippen LogP contribution in [0.3, 0.4) is 0 Å². The molecule has 0 heterocycles. The van der Waals surface area contributed by atoms with Crippen LogP contribution >= 0.6 is 11.6 Å². The first kappa shape index (κ1) is 17.0. The van der Waals surface area contributed by atoms with Gasteiger partial charge in [0.15, 0.2) is 9.84 Å². The van der Waals surface area contributed by atoms with E-state index in [1.807, 2.05) is 0 Å². The number of carboxylic acids is 1. The zero-order valence-electron chi connectivity index (χ0n) is 12.5. The fraction of sp³-hybridized carbons (Fsp3) is 0.235. The van der Waals surface area contributed by atoms with E-state index >= 15 is 0 Å². The van der Waals surface area contributed by atoms with Gasteiger partial charge in [0, 0.05) is 10.9 Å². The predicted molar refractivity (Wildman–Crippen MR) is 88.8 cm³/mol. The standard InChI is InChI=1S/C17H15ClO5S/c18-12-6-8-13(9-7-12)24(22,23)15-14(11-4-2-1-3-5-11)17(15,10-19)16(20)21/h1-9,14-15,19H,10H2,(H,20,21). The summed E-state index contributed by atoms with van der Waals surface area (Å²) in [6, 6.07) is 14.1. The molecule has 2 N–H and O–H groups in total. The fourth-order valence-corrected chi connectivity index (χ4v) is 5.76. The Balaban J connectivity index is 2.11. The minimum Gasteiger partial charge on any atom is -0.481 e. The Morgan fingerprint density at radius 3 is 2.17 bits per heavy atom. The van der Waals surface area contributed by atoms with Gasteiger partial charge in [0.25, 0.3) is 0 Å². The summed E-state index contributed by atoms with van der Waals surface area (Å²) in [7, 11) is -3.94. The van der Waals surface area contributed by atoms with Crippen molar-refractivity contribution in [2.75, 3.05) is 6.61 Å². The highest BCUT2D eigenvalue weighted by Crippen LogP contribution is 2.64. The summed E-state index contributed by atoms with van der Waals surface area (Å²) >= 11 is 5.79. The van der Waals surface area contributed by atoms with E-state index in [4.69, 9.17) is 11.6 Å². The Labute approximate surface area is 144 Å². The molecule has 3 unspecified atom stereocenters. The van der Waals surface area contributed by atoms with Gasteiger partial charge < -0.3 is 10.2 Å². The molecule has 1 saturated carbocycles. The number of benzene rings is 2. The summed E-state index contributed by atoms with van der Waals surface area (Å²) in [6.45, 7) is -0.751. The zero-order valence-corrected chi connectivity index (χ0v) is 14.0. The van der Waals surface area contributed by atoms with Crippen molar-refractivity contribution in [3.63, 3.8) is 0 Å². The Morgan fingerprint density at radius 2 is 1.67 bits per heavy atom. The van der Waals surface area contributed by atoms with Gasteiger partial charge in [-0.1, -0.05) is 41.9 Å². The van der Waals surface area contributed by atoms with Crippen molar-refractivity contribution in [3.05, 3.63) is 65.2 Å². The highest BCUT2D eigenvalue weighted by Gasteiger charge is 2.75. The number of carbonyl (C=O) groups is 1. The van der Waals surface area contributed by atoms with E-state index < -0.39 is 39.0 Å². The Kier molecular flexibility index (Phi) is 4.15. The minimum absolute atomic E-state index is 0.00518. The van der Waals surface area contributed by atoms with Crippen molar-refractivity contribution in [1.82, 2.24) is 0 Å². The van der Waals surface area contributed by atoms with Gasteiger partial charge in [0.2, 0.25) is 0 Å². The van der Waals surface area contributed by atoms with E-state index in [0.717, 1.165) is 0 Å². The van der Waals surface area contributed by atoms with E-state index in [2.05, 4.69) is 0 Å². The molecule has 0 aromatic heterocycles. The lowest BCUT2D eigenvalue weighted by molar-refractivity contribution is -0.145. The van der Waals surface area contributed by atoms with E-state index in [0.29, 0.717) is 10.6 Å². The number of sulfone groups is 1. The molecule has 0 radical (unpaired) electrons. The van der Waals surface area contributed by atoms with Crippen molar-refractivity contribution in [2.24, 2.45) is 5.41 Å². The van der Waals surface area contributed by atoms with Gasteiger partial charge >= 0.3 is 5.97 Å². The van der Waals surface area contributed by atoms with Gasteiger partial charge in [-0.25, -0.2) is 8.42 Å². The number of rotatable bonds is 5. The summed E-state index contributed by atoms with van der Waals surface area (Å²) in [5.74, 6) is -2.12. The SMILES string of the molecule is O=C(O)C1(CO)C(c2ccccc2)C1S(=O)(=O)c1ccc(Cl)cc1. The lowest BCUT2D eigenvalue weighted by atomic mass is 10.0. The molecule has 24 heavy (non-hydrogen) atoms. The van der Waals surface area contributed by atoms with Gasteiger partial charge in [-0.05, 0) is 29.8 Å². The molecule has 2 aromatic rings. The molecule has 0 saturated heterocycles. The lowest BCUT2D eigenvalue weighted by Gasteiger charge is -2.09. The monoisotopic (exact) mass is 366 g/mol. The maximum absolute atomic E-state index is 13.0. The molecule has 0 amide bonds. The second-order valence-corrected chi connectivity index (χ2v) is 8.32. The van der Waals surface area contributed by atoms with Crippen molar-refractivity contribution in [2.45, 2.75) is 16.1 Å². The van der Waals surface area contributed by atoms with E-state index in [1.165, 1.54) is 24.3 Å². The average Bonchev–Trinajstić information content (AvgIpc) is 3.28. The Hall–Kier alpha value is -1.89. The lowest BCUT2D eigenvalue weighted by Crippen LogP contribution is -2.27. The molecular weight excluding hydrogens is 352 g/mol. The van der Waals surface area contributed by atoms with Crippen LogP contribution in [0.1, 0.15) is 11.5 Å². The molecule has 1 aliphatic rings. The van der Waals surface area contributed by atoms with Crippen LogP contribution < -0.4 is 0 Å². The van der Waals surface area contributed by atoms with Crippen LogP contribution in [0.4, 0.5) is 0 Å². The van der Waals surface area contributed by atoms with Crippen LogP contribution in [0.15, 0.2) is 59.5 Å². The van der Waals surface area contributed by atoms with Crippen molar-refractivity contribution in [1.29, 1.82) is 0 Å². The van der Waals surface area contributed by atoms with E-state index in [9.17, 15) is 23.4 Å². The van der Waals surface area contributed by atoms with Crippen LogP contribution in [0.5, 0.6) is 0 Å². The van der Waals surface area contributed by atoms with Crippen molar-refractivity contribution >= 4 is 27.4 Å². The number of hydrogen-bond acceptors (Lipinski definition) is 4. The first-order valence-electron chi connectivity index (χ1n) is 7.24. The number of halogens is 1. The van der Waals surface area contributed by atoms with Gasteiger partial charge in [-0.3, -0.25) is 4.79 Å². The number of carboxylic acid groups (broad SMARTS) is 1. The third-order valence-corrected chi connectivity index (χ3v) is 7.09. The fourth-order valence-electron chi connectivity index (χ4n) is 3.27. The largest absolute Gasteiger partial charge is 0.481 e. The van der Waals surface area contributed by atoms with Crippen molar-refractivity contribution in [3.8, 4) is 0 Å². The third kappa shape index (κ3) is 2.42. The normalized spacial score (nSPS) is 26.1. The van der Waals surface area contributed by atoms with Gasteiger partial charge in [-0.15, -0.1) is 0 Å². The topological polar surface area (TPSA) is 91.7 Å². The quantitative estimate of drug-likeness (QED) is 0.847. The Bertz CT molecular complexity index is 864. The van der Waals surface area contributed by atoms with E-state index in [1.54, 1.807) is 30.3 Å². The molecule has 0 spiro atoms. The summed E-state index contributed by atoms with van der Waals surface area (Å²) in [4.78, 5) is 11.8. The molecule has 1 fully saturated rings. The number of hydrogen-bond donors (Lipinski definition) is 2. The van der Waals surface area contributed by atoms with Crippen LogP contribution in [0, 0.1) is 5.41 Å². The summed E-state index contributed by atoms with van der Waals surface area (Å²) in [5, 5.41) is 18.5. The molecule has 7 heteroatoms. The highest BCUT2D eigenvalue weighted by molar-refractivity contribution is 7.92. The number of aliphatic hydroxyl groups is 1. The van der Waals surface area contributed by atoms with Gasteiger partial charge in [-0.2, -0.15) is 0 Å². The maximum Gasteiger partial charge on any atom is 0.314 e. The maximum atomic E-state index is 13.0. The number of aliphatic hydroxyl groups excluding tert-OH is 1. The molecule has 3 atom stereocenters. The summed E-state index contributed by atoms with van der Waals surface area (Å²) in [5.41, 5.74) is -1.16. The Morgan fingerprint density at radius 1 is 1.08 bits per heavy atom. The smallest absolute Gasteiger partial charge is 0.314 e. The zero-order chi connectivity index (χ0) is 17.5. The molecule has 0 bridgehead atoms. The predicted octanol–water partition coefficient (Wildman–Crippen LogP) is 2.34. The first-order chi connectivity index (χ1) is 11.4. The molecule has 0 aliphatic heterocycles. The van der Waals surface area contributed by atoms with Gasteiger partial charge in [0.05, 0.1) is 16.8 Å². The molecule has 5 nitrogen and oxygen atoms in total. The third-order valence-electron chi connectivity index (χ3n) is 4.55. The molecule has 126 valence electrons. The van der Waals surface area contributed by atoms with Crippen LogP contribution in [0.25, 0.3) is 0 Å². The van der Waals surface area contributed by atoms with Crippen LogP contribution in [-0.4, -0.2) is 36.5 Å². The second kappa shape index (κ2) is 5.88. The minimum atomic E-state index is -3.94. The molecule has 1 aliphatic carbocycles. The molecular formula is C17H15ClO5S. The van der Waals surface area contributed by atoms with Crippen LogP contribution in [-0.2, 0) is 14.6 Å². The van der Waals surface area contributed by atoms with Crippen molar-refractivity contribution < 1.29 is 23.4 Å². The number of aliphatic carboxylic acids is 1. The van der Waals surface area contributed by atoms with Crippen LogP contribution in [0.2, 0.25) is 5.02 Å². The molecule has 2 aromatic carbocycles. The first-order valence-corrected chi connectivity index (χ1v) is 9.17. The molecule has 3 rings (SSSR count). The van der Waals surface area contributed by atoms with Gasteiger partial charge in [0.1, 0.15) is 5.41 Å². The second-order valence-electron chi connectivity index (χ2n) is 5.81.